The van der Waals surface area contributed by atoms with Crippen LogP contribution in [0.3, 0.4) is 0 Å². The molecule has 0 spiro atoms. The number of carboxylic acid groups (broad SMARTS) is 2. The van der Waals surface area contributed by atoms with E-state index in [0.717, 1.165) is 0 Å². The van der Waals surface area contributed by atoms with Crippen molar-refractivity contribution in [3.63, 3.8) is 0 Å². The molecule has 18 heavy (non-hydrogen) atoms. The zero-order valence-corrected chi connectivity index (χ0v) is 8.98. The van der Waals surface area contributed by atoms with Crippen molar-refractivity contribution in [3.05, 3.63) is 35.9 Å². The van der Waals surface area contributed by atoms with Gasteiger partial charge in [0, 0.05) is 5.56 Å². The Morgan fingerprint density at radius 2 is 1.56 bits per heavy atom. The first-order valence-electron chi connectivity index (χ1n) is 4.78. The number of aliphatic hydroxyl groups excluding tert-OH is 1. The molecule has 0 unspecified atom stereocenters. The van der Waals surface area contributed by atoms with Crippen LogP contribution in [0.15, 0.2) is 30.3 Å². The predicted octanol–water partition coefficient (Wildman–Crippen LogP) is -0.869. The largest absolute Gasteiger partial charge is 0.479 e. The van der Waals surface area contributed by atoms with Crippen LogP contribution in [0.25, 0.3) is 0 Å². The third-order valence-electron chi connectivity index (χ3n) is 2.34. The predicted molar refractivity (Wildman–Crippen MR) is 57.0 cm³/mol. The van der Waals surface area contributed by atoms with E-state index < -0.39 is 29.4 Å². The Kier molecular flexibility index (Phi) is 3.79. The molecule has 0 aromatic heterocycles. The summed E-state index contributed by atoms with van der Waals surface area (Å²) < 4.78 is 0. The van der Waals surface area contributed by atoms with Crippen molar-refractivity contribution in [2.75, 3.05) is 0 Å². The molecule has 0 amide bonds. The lowest BCUT2D eigenvalue weighted by Gasteiger charge is -2.24. The molecule has 4 N–H and O–H groups in total. The number of rotatable bonds is 5. The van der Waals surface area contributed by atoms with Crippen LogP contribution >= 0.6 is 0 Å². The van der Waals surface area contributed by atoms with Crippen molar-refractivity contribution in [3.8, 4) is 0 Å². The van der Waals surface area contributed by atoms with Crippen molar-refractivity contribution in [1.82, 2.24) is 0 Å². The Morgan fingerprint density at radius 1 is 1.06 bits per heavy atom. The monoisotopic (exact) mass is 254 g/mol. The topological polar surface area (TPSA) is 132 Å². The first kappa shape index (κ1) is 13.8. The van der Waals surface area contributed by atoms with Crippen LogP contribution in [0.4, 0.5) is 0 Å². The van der Waals surface area contributed by atoms with Gasteiger partial charge in [0.15, 0.2) is 6.10 Å². The van der Waals surface area contributed by atoms with Crippen LogP contribution in [0.5, 0.6) is 0 Å². The van der Waals surface area contributed by atoms with Crippen LogP contribution in [0, 0.1) is 0 Å². The normalized spacial score (nSPS) is 15.4. The van der Waals surface area contributed by atoms with E-state index in [9.17, 15) is 24.6 Å². The summed E-state index contributed by atoms with van der Waals surface area (Å²) in [6.07, 6.45) is -2.76. The lowest BCUT2D eigenvalue weighted by atomic mass is 9.87. The van der Waals surface area contributed by atoms with Gasteiger partial charge in [0.25, 0.3) is 5.60 Å². The number of Topliss-reactive ketones (excluding diaryl/α,β-unsaturated/α-hetero) is 1. The molecule has 0 aliphatic heterocycles. The van der Waals surface area contributed by atoms with Gasteiger partial charge in [-0.25, -0.2) is 9.59 Å². The average molecular weight is 254 g/mol. The second-order valence-electron chi connectivity index (χ2n) is 3.51. The van der Waals surface area contributed by atoms with Crippen LogP contribution in [0.1, 0.15) is 10.4 Å². The fourth-order valence-electron chi connectivity index (χ4n) is 1.33. The standard InChI is InChI=1S/C11H10O7/c12-7(6-4-2-1-3-5-6)11(18,10(16)17)8(13)9(14)15/h1-5,8,13,18H,(H,14,15)(H,16,17)/t8-,11-/m1/s1. The minimum atomic E-state index is -3.42. The molecule has 0 radical (unpaired) electrons. The number of hydrogen-bond acceptors (Lipinski definition) is 5. The Morgan fingerprint density at radius 3 is 1.94 bits per heavy atom. The molecule has 0 fully saturated rings. The smallest absolute Gasteiger partial charge is 0.347 e. The van der Waals surface area contributed by atoms with Gasteiger partial charge in [0.2, 0.25) is 5.78 Å². The lowest BCUT2D eigenvalue weighted by Crippen LogP contribution is -2.58. The summed E-state index contributed by atoms with van der Waals surface area (Å²) in [7, 11) is 0. The summed E-state index contributed by atoms with van der Waals surface area (Å²) in [5.41, 5.74) is -3.64. The van der Waals surface area contributed by atoms with Gasteiger partial charge in [-0.3, -0.25) is 4.79 Å². The molecule has 1 rings (SSSR count). The summed E-state index contributed by atoms with van der Waals surface area (Å²) in [5.74, 6) is -5.54. The average Bonchev–Trinajstić information content (AvgIpc) is 2.36. The molecule has 0 bridgehead atoms. The molecule has 0 aliphatic carbocycles. The zero-order valence-electron chi connectivity index (χ0n) is 8.98. The van der Waals surface area contributed by atoms with Gasteiger partial charge in [-0.2, -0.15) is 0 Å². The molecule has 0 saturated heterocycles. The third kappa shape index (κ3) is 2.22. The van der Waals surface area contributed by atoms with E-state index in [2.05, 4.69) is 0 Å². The van der Waals surface area contributed by atoms with Gasteiger partial charge >= 0.3 is 11.9 Å². The number of benzene rings is 1. The second-order valence-corrected chi connectivity index (χ2v) is 3.51. The Hall–Kier alpha value is -2.25. The first-order chi connectivity index (χ1) is 8.31. The lowest BCUT2D eigenvalue weighted by molar-refractivity contribution is -0.175. The molecule has 7 nitrogen and oxygen atoms in total. The van der Waals surface area contributed by atoms with E-state index in [1.807, 2.05) is 0 Å². The number of aliphatic carboxylic acids is 2. The van der Waals surface area contributed by atoms with E-state index in [1.165, 1.54) is 24.3 Å². The number of ketones is 1. The highest BCUT2D eigenvalue weighted by molar-refractivity contribution is 6.17. The van der Waals surface area contributed by atoms with Gasteiger partial charge in [0.05, 0.1) is 0 Å². The van der Waals surface area contributed by atoms with E-state index >= 15 is 0 Å². The number of carbonyl (C=O) groups is 3. The van der Waals surface area contributed by atoms with Gasteiger partial charge < -0.3 is 20.4 Å². The number of carbonyl (C=O) groups excluding carboxylic acids is 1. The van der Waals surface area contributed by atoms with E-state index in [1.54, 1.807) is 6.07 Å². The Labute approximate surface area is 101 Å². The minimum Gasteiger partial charge on any atom is -0.479 e. The minimum absolute atomic E-state index is 0.220. The molecular weight excluding hydrogens is 244 g/mol. The van der Waals surface area contributed by atoms with Crippen molar-refractivity contribution < 1.29 is 34.8 Å². The molecule has 0 heterocycles. The number of aliphatic hydroxyl groups is 2. The van der Waals surface area contributed by atoms with Crippen LogP contribution in [-0.4, -0.2) is 49.9 Å². The maximum absolute atomic E-state index is 11.8. The Balaban J connectivity index is 3.26. The van der Waals surface area contributed by atoms with Gasteiger partial charge in [-0.05, 0) is 0 Å². The highest BCUT2D eigenvalue weighted by Crippen LogP contribution is 2.19. The highest BCUT2D eigenvalue weighted by atomic mass is 16.4. The molecular formula is C11H10O7. The van der Waals surface area contributed by atoms with Crippen LogP contribution in [0.2, 0.25) is 0 Å². The summed E-state index contributed by atoms with van der Waals surface area (Å²) >= 11 is 0. The maximum atomic E-state index is 11.8. The highest BCUT2D eigenvalue weighted by Gasteiger charge is 2.54. The van der Waals surface area contributed by atoms with E-state index in [-0.39, 0.29) is 5.56 Å². The first-order valence-corrected chi connectivity index (χ1v) is 4.78. The molecule has 0 aliphatic rings. The molecule has 7 heteroatoms. The summed E-state index contributed by atoms with van der Waals surface area (Å²) in [4.78, 5) is 33.2. The summed E-state index contributed by atoms with van der Waals surface area (Å²) in [6, 6.07) is 6.76. The van der Waals surface area contributed by atoms with Gasteiger partial charge in [0.1, 0.15) is 0 Å². The van der Waals surface area contributed by atoms with Crippen LogP contribution in [-0.2, 0) is 9.59 Å². The molecule has 96 valence electrons. The van der Waals surface area contributed by atoms with Crippen LogP contribution < -0.4 is 0 Å². The summed E-state index contributed by atoms with van der Waals surface area (Å²) in [5, 5.41) is 36.2. The van der Waals surface area contributed by atoms with Crippen molar-refractivity contribution >= 4 is 17.7 Å². The summed E-state index contributed by atoms with van der Waals surface area (Å²) in [6.45, 7) is 0. The number of hydrogen-bond donors (Lipinski definition) is 4. The number of carboxylic acids is 2. The van der Waals surface area contributed by atoms with E-state index in [4.69, 9.17) is 10.2 Å². The maximum Gasteiger partial charge on any atom is 0.347 e. The molecule has 1 aromatic carbocycles. The Bertz CT molecular complexity index is 481. The molecule has 0 saturated carbocycles. The fraction of sp³-hybridized carbons (Fsp3) is 0.182. The van der Waals surface area contributed by atoms with Crippen molar-refractivity contribution in [2.24, 2.45) is 0 Å². The second kappa shape index (κ2) is 4.94. The fourth-order valence-corrected chi connectivity index (χ4v) is 1.33. The van der Waals surface area contributed by atoms with Crippen molar-refractivity contribution in [1.29, 1.82) is 0 Å². The van der Waals surface area contributed by atoms with E-state index in [0.29, 0.717) is 0 Å². The van der Waals surface area contributed by atoms with Crippen molar-refractivity contribution in [2.45, 2.75) is 11.7 Å². The SMILES string of the molecule is O=C(O)[C@@H](O)[C@@](O)(C(=O)O)C(=O)c1ccccc1. The van der Waals surface area contributed by atoms with Gasteiger partial charge in [-0.15, -0.1) is 0 Å². The molecule has 1 aromatic rings. The quantitative estimate of drug-likeness (QED) is 0.396. The molecule has 2 atom stereocenters. The zero-order chi connectivity index (χ0) is 13.9. The van der Waals surface area contributed by atoms with Gasteiger partial charge in [-0.1, -0.05) is 30.3 Å². The third-order valence-corrected chi connectivity index (χ3v) is 2.34.